The number of guanidine groups is 1. The number of benzene rings is 1. The second kappa shape index (κ2) is 8.36. The summed E-state index contributed by atoms with van der Waals surface area (Å²) in [7, 11) is 1.42. The summed E-state index contributed by atoms with van der Waals surface area (Å²) >= 11 is 0. The number of hydrogen-bond donors (Lipinski definition) is 1. The average Bonchev–Trinajstić information content (AvgIpc) is 2.91. The van der Waals surface area contributed by atoms with Gasteiger partial charge in [0.15, 0.2) is 17.5 Å². The maximum atomic E-state index is 12.5. The lowest BCUT2D eigenvalue weighted by molar-refractivity contribution is -0.0512. The van der Waals surface area contributed by atoms with Gasteiger partial charge in [-0.3, -0.25) is 0 Å². The molecule has 1 heterocycles. The third-order valence-electron chi connectivity index (χ3n) is 4.17. The van der Waals surface area contributed by atoms with Crippen molar-refractivity contribution in [3.63, 3.8) is 0 Å². The van der Waals surface area contributed by atoms with Crippen LogP contribution in [-0.4, -0.2) is 44.2 Å². The molecule has 0 spiro atoms. The summed E-state index contributed by atoms with van der Waals surface area (Å²) in [4.78, 5) is 6.89. The van der Waals surface area contributed by atoms with Crippen molar-refractivity contribution in [2.45, 2.75) is 40.3 Å². The maximum Gasteiger partial charge on any atom is 0.387 e. The highest BCUT2D eigenvalue weighted by molar-refractivity contribution is 5.80. The molecule has 0 saturated carbocycles. The van der Waals surface area contributed by atoms with Gasteiger partial charge in [0.1, 0.15) is 0 Å². The van der Waals surface area contributed by atoms with Gasteiger partial charge >= 0.3 is 6.61 Å². The average molecular weight is 355 g/mol. The highest BCUT2D eigenvalue weighted by Gasteiger charge is 2.30. The molecule has 1 fully saturated rings. The number of methoxy groups -OCH3 is 1. The summed E-state index contributed by atoms with van der Waals surface area (Å²) in [6, 6.07) is 4.97. The highest BCUT2D eigenvalue weighted by atomic mass is 19.3. The van der Waals surface area contributed by atoms with E-state index in [9.17, 15) is 8.78 Å². The molecule has 5 nitrogen and oxygen atoms in total. The number of likely N-dealkylation sites (tertiary alicyclic amines) is 1. The summed E-state index contributed by atoms with van der Waals surface area (Å²) in [6.45, 7) is 6.68. The van der Waals surface area contributed by atoms with Gasteiger partial charge in [0, 0.05) is 19.6 Å². The summed E-state index contributed by atoms with van der Waals surface area (Å²) in [5.74, 6) is 1.15. The van der Waals surface area contributed by atoms with Gasteiger partial charge in [-0.15, -0.1) is 0 Å². The highest BCUT2D eigenvalue weighted by Crippen LogP contribution is 2.30. The van der Waals surface area contributed by atoms with E-state index < -0.39 is 6.61 Å². The van der Waals surface area contributed by atoms with Crippen LogP contribution in [0.25, 0.3) is 0 Å². The molecule has 0 unspecified atom stereocenters. The Balaban J connectivity index is 2.14. The van der Waals surface area contributed by atoms with Crippen LogP contribution >= 0.6 is 0 Å². The Morgan fingerprint density at radius 2 is 2.12 bits per heavy atom. The van der Waals surface area contributed by atoms with Crippen molar-refractivity contribution in [3.05, 3.63) is 23.8 Å². The zero-order valence-electron chi connectivity index (χ0n) is 15.3. The van der Waals surface area contributed by atoms with Crippen LogP contribution in [0.5, 0.6) is 11.5 Å². The van der Waals surface area contributed by atoms with E-state index in [0.29, 0.717) is 6.54 Å². The van der Waals surface area contributed by atoms with E-state index >= 15 is 0 Å². The molecule has 0 amide bonds. The molecule has 1 N–H and O–H groups in total. The summed E-state index contributed by atoms with van der Waals surface area (Å²) in [5.41, 5.74) is 1.06. The van der Waals surface area contributed by atoms with Crippen molar-refractivity contribution in [2.75, 3.05) is 26.7 Å². The molecular weight excluding hydrogens is 328 g/mol. The first-order chi connectivity index (χ1) is 11.8. The molecule has 1 aliphatic rings. The van der Waals surface area contributed by atoms with Crippen molar-refractivity contribution in [1.82, 2.24) is 10.2 Å². The van der Waals surface area contributed by atoms with Crippen LogP contribution in [0.15, 0.2) is 23.2 Å². The Labute approximate surface area is 148 Å². The monoisotopic (exact) mass is 355 g/mol. The van der Waals surface area contributed by atoms with Crippen LogP contribution in [0.1, 0.15) is 32.8 Å². The fraction of sp³-hybridized carbons (Fsp3) is 0.611. The molecule has 0 atom stereocenters. The van der Waals surface area contributed by atoms with E-state index in [-0.39, 0.29) is 16.9 Å². The van der Waals surface area contributed by atoms with Gasteiger partial charge in [-0.2, -0.15) is 8.78 Å². The second-order valence-corrected chi connectivity index (χ2v) is 6.87. The quantitative estimate of drug-likeness (QED) is 0.627. The minimum atomic E-state index is -2.89. The largest absolute Gasteiger partial charge is 0.493 e. The maximum absolute atomic E-state index is 12.5. The SMILES string of the molecule is CCNC(=NCc1ccc(OC)c(OC(F)F)c1)N1CCC(C)(C)C1. The molecule has 1 saturated heterocycles. The number of nitrogens with zero attached hydrogens (tertiary/aromatic N) is 2. The van der Waals surface area contributed by atoms with E-state index in [4.69, 9.17) is 4.74 Å². The third kappa shape index (κ3) is 5.47. The Kier molecular flexibility index (Phi) is 6.45. The fourth-order valence-electron chi connectivity index (χ4n) is 2.89. The Hall–Kier alpha value is -2.05. The predicted molar refractivity (Wildman–Crippen MR) is 94.4 cm³/mol. The van der Waals surface area contributed by atoms with Crippen molar-refractivity contribution in [2.24, 2.45) is 10.4 Å². The smallest absolute Gasteiger partial charge is 0.387 e. The first-order valence-electron chi connectivity index (χ1n) is 8.49. The van der Waals surface area contributed by atoms with E-state index in [1.54, 1.807) is 18.2 Å². The molecule has 140 valence electrons. The first kappa shape index (κ1) is 19.3. The number of ether oxygens (including phenoxy) is 2. The molecular formula is C18H27F2N3O2. The number of aliphatic imine (C=N–C) groups is 1. The number of rotatable bonds is 6. The molecule has 0 aliphatic carbocycles. The van der Waals surface area contributed by atoms with Crippen LogP contribution in [0.2, 0.25) is 0 Å². The number of nitrogens with one attached hydrogen (secondary N) is 1. The van der Waals surface area contributed by atoms with E-state index in [2.05, 4.69) is 33.8 Å². The lowest BCUT2D eigenvalue weighted by Gasteiger charge is -2.23. The van der Waals surface area contributed by atoms with Gasteiger partial charge in [-0.25, -0.2) is 4.99 Å². The molecule has 1 aliphatic heterocycles. The zero-order valence-corrected chi connectivity index (χ0v) is 15.3. The van der Waals surface area contributed by atoms with Gasteiger partial charge < -0.3 is 19.7 Å². The predicted octanol–water partition coefficient (Wildman–Crippen LogP) is 3.49. The minimum absolute atomic E-state index is 0.0255. The van der Waals surface area contributed by atoms with Crippen molar-refractivity contribution < 1.29 is 18.3 Å². The Bertz CT molecular complexity index is 606. The van der Waals surface area contributed by atoms with Crippen molar-refractivity contribution in [3.8, 4) is 11.5 Å². The molecule has 1 aromatic rings. The molecule has 0 bridgehead atoms. The lowest BCUT2D eigenvalue weighted by atomic mass is 9.93. The first-order valence-corrected chi connectivity index (χ1v) is 8.49. The van der Waals surface area contributed by atoms with Crippen LogP contribution in [0, 0.1) is 5.41 Å². The van der Waals surface area contributed by atoms with Gasteiger partial charge in [-0.1, -0.05) is 19.9 Å². The van der Waals surface area contributed by atoms with E-state index in [0.717, 1.165) is 37.6 Å². The standard InChI is InChI=1S/C18H27F2N3O2/c1-5-21-17(23-9-8-18(2,3)12-23)22-11-13-6-7-14(24-4)15(10-13)25-16(19)20/h6-7,10,16H,5,8-9,11-12H2,1-4H3,(H,21,22). The van der Waals surface area contributed by atoms with Crippen molar-refractivity contribution >= 4 is 5.96 Å². The fourth-order valence-corrected chi connectivity index (χ4v) is 2.89. The molecule has 1 aromatic carbocycles. The number of alkyl halides is 2. The minimum Gasteiger partial charge on any atom is -0.493 e. The molecule has 0 aromatic heterocycles. The topological polar surface area (TPSA) is 46.1 Å². The zero-order chi connectivity index (χ0) is 18.4. The van der Waals surface area contributed by atoms with Crippen LogP contribution in [0.4, 0.5) is 8.78 Å². The van der Waals surface area contributed by atoms with Gasteiger partial charge in [0.2, 0.25) is 0 Å². The summed E-state index contributed by atoms with van der Waals surface area (Å²) in [5, 5.41) is 3.30. The number of hydrogen-bond acceptors (Lipinski definition) is 3. The molecule has 7 heteroatoms. The van der Waals surface area contributed by atoms with Crippen LogP contribution in [-0.2, 0) is 6.54 Å². The Morgan fingerprint density at radius 1 is 1.36 bits per heavy atom. The normalized spacial score (nSPS) is 17.1. The summed E-state index contributed by atoms with van der Waals surface area (Å²) < 4.78 is 34.7. The van der Waals surface area contributed by atoms with Gasteiger partial charge in [0.25, 0.3) is 0 Å². The van der Waals surface area contributed by atoms with Crippen molar-refractivity contribution in [1.29, 1.82) is 0 Å². The van der Waals surface area contributed by atoms with Crippen LogP contribution < -0.4 is 14.8 Å². The van der Waals surface area contributed by atoms with Gasteiger partial charge in [0.05, 0.1) is 13.7 Å². The summed E-state index contributed by atoms with van der Waals surface area (Å²) in [6.07, 6.45) is 1.12. The lowest BCUT2D eigenvalue weighted by Crippen LogP contribution is -2.40. The third-order valence-corrected chi connectivity index (χ3v) is 4.17. The second-order valence-electron chi connectivity index (χ2n) is 6.87. The molecule has 2 rings (SSSR count). The number of halogens is 2. The van der Waals surface area contributed by atoms with Gasteiger partial charge in [-0.05, 0) is 36.5 Å². The van der Waals surface area contributed by atoms with Crippen LogP contribution in [0.3, 0.4) is 0 Å². The van der Waals surface area contributed by atoms with E-state index in [1.165, 1.54) is 7.11 Å². The molecule has 0 radical (unpaired) electrons. The molecule has 25 heavy (non-hydrogen) atoms. The van der Waals surface area contributed by atoms with E-state index in [1.807, 2.05) is 6.92 Å². The Morgan fingerprint density at radius 3 is 2.68 bits per heavy atom.